The number of methoxy groups -OCH3 is 1. The van der Waals surface area contributed by atoms with E-state index in [2.05, 4.69) is 36.4 Å². The van der Waals surface area contributed by atoms with Crippen LogP contribution in [0.25, 0.3) is 0 Å². The first kappa shape index (κ1) is 19.5. The number of carbonyl (C=O) groups is 1. The van der Waals surface area contributed by atoms with Crippen LogP contribution in [-0.2, 0) is 11.2 Å². The van der Waals surface area contributed by atoms with Crippen LogP contribution in [0.4, 0.5) is 0 Å². The third-order valence-corrected chi connectivity index (χ3v) is 5.88. The van der Waals surface area contributed by atoms with Gasteiger partial charge in [-0.2, -0.15) is 0 Å². The molecule has 0 heterocycles. The lowest BCUT2D eigenvalue weighted by atomic mass is 9.93. The lowest BCUT2D eigenvalue weighted by Gasteiger charge is -2.17. The SMILES string of the molecule is COCOc1ccc(CC2C=CC=CC2)cc1Pc1ccccc1C(C)=O. The molecule has 0 amide bonds. The molecule has 0 saturated carbocycles. The number of benzene rings is 2. The summed E-state index contributed by atoms with van der Waals surface area (Å²) < 4.78 is 10.9. The minimum atomic E-state index is 0.0905. The van der Waals surface area contributed by atoms with Gasteiger partial charge in [0, 0.05) is 18.0 Å². The zero-order chi connectivity index (χ0) is 19.1. The molecule has 2 unspecified atom stereocenters. The molecule has 2 aromatic carbocycles. The molecule has 0 aliphatic heterocycles. The van der Waals surface area contributed by atoms with Gasteiger partial charge in [0.2, 0.25) is 0 Å². The predicted octanol–water partition coefficient (Wildman–Crippen LogP) is 4.18. The second-order valence-electron chi connectivity index (χ2n) is 6.62. The van der Waals surface area contributed by atoms with Crippen LogP contribution in [0.3, 0.4) is 0 Å². The van der Waals surface area contributed by atoms with E-state index in [1.807, 2.05) is 30.3 Å². The molecule has 1 aliphatic carbocycles. The topological polar surface area (TPSA) is 35.5 Å². The fourth-order valence-corrected chi connectivity index (χ4v) is 4.58. The van der Waals surface area contributed by atoms with Crippen molar-refractivity contribution in [2.24, 2.45) is 5.92 Å². The van der Waals surface area contributed by atoms with Crippen LogP contribution in [0, 0.1) is 5.92 Å². The molecule has 3 nitrogen and oxygen atoms in total. The van der Waals surface area contributed by atoms with Gasteiger partial charge in [0.15, 0.2) is 12.6 Å². The Morgan fingerprint density at radius 3 is 2.74 bits per heavy atom. The van der Waals surface area contributed by atoms with Gasteiger partial charge in [0.05, 0.1) is 0 Å². The number of rotatable bonds is 8. The lowest BCUT2D eigenvalue weighted by molar-refractivity contribution is 0.0519. The summed E-state index contributed by atoms with van der Waals surface area (Å²) in [6.45, 7) is 1.83. The summed E-state index contributed by atoms with van der Waals surface area (Å²) >= 11 is 0. The maximum absolute atomic E-state index is 12.0. The number of hydrogen-bond donors (Lipinski definition) is 0. The standard InChI is InChI=1S/C23H25O3P/c1-17(24)20-10-6-7-11-22(20)27-23-15-19(12-13-21(23)26-16-25-2)14-18-8-4-3-5-9-18/h3-8,10-13,15,18,27H,9,14,16H2,1-2H3. The van der Waals surface area contributed by atoms with Gasteiger partial charge in [0.1, 0.15) is 5.75 Å². The highest BCUT2D eigenvalue weighted by molar-refractivity contribution is 7.56. The summed E-state index contributed by atoms with van der Waals surface area (Å²) in [5.74, 6) is 1.44. The van der Waals surface area contributed by atoms with E-state index >= 15 is 0 Å². The van der Waals surface area contributed by atoms with E-state index < -0.39 is 0 Å². The fraction of sp³-hybridized carbons (Fsp3) is 0.261. The van der Waals surface area contributed by atoms with Gasteiger partial charge < -0.3 is 9.47 Å². The highest BCUT2D eigenvalue weighted by atomic mass is 31.1. The van der Waals surface area contributed by atoms with Gasteiger partial charge in [-0.25, -0.2) is 0 Å². The van der Waals surface area contributed by atoms with Crippen molar-refractivity contribution >= 4 is 25.0 Å². The molecule has 1 aliphatic rings. The molecule has 0 N–H and O–H groups in total. The van der Waals surface area contributed by atoms with E-state index in [4.69, 9.17) is 9.47 Å². The van der Waals surface area contributed by atoms with Crippen molar-refractivity contribution in [1.82, 2.24) is 0 Å². The summed E-state index contributed by atoms with van der Waals surface area (Å²) in [6, 6.07) is 14.2. The molecular formula is C23H25O3P. The average Bonchev–Trinajstić information content (AvgIpc) is 2.68. The van der Waals surface area contributed by atoms with E-state index in [0.29, 0.717) is 14.5 Å². The monoisotopic (exact) mass is 380 g/mol. The van der Waals surface area contributed by atoms with Gasteiger partial charge in [-0.15, -0.1) is 0 Å². The number of ketones is 1. The predicted molar refractivity (Wildman–Crippen MR) is 113 cm³/mol. The highest BCUT2D eigenvalue weighted by Crippen LogP contribution is 2.25. The van der Waals surface area contributed by atoms with Gasteiger partial charge in [-0.05, 0) is 48.7 Å². The van der Waals surface area contributed by atoms with Gasteiger partial charge in [-0.1, -0.05) is 63.2 Å². The van der Waals surface area contributed by atoms with Crippen LogP contribution in [0.2, 0.25) is 0 Å². The minimum absolute atomic E-state index is 0.0905. The minimum Gasteiger partial charge on any atom is -0.467 e. The Labute approximate surface area is 162 Å². The Hall–Kier alpha value is -2.22. The number of ether oxygens (including phenoxy) is 2. The second kappa shape index (κ2) is 9.64. The molecular weight excluding hydrogens is 355 g/mol. The third kappa shape index (κ3) is 5.38. The van der Waals surface area contributed by atoms with Crippen molar-refractivity contribution in [3.63, 3.8) is 0 Å². The molecule has 27 heavy (non-hydrogen) atoms. The van der Waals surface area contributed by atoms with E-state index in [9.17, 15) is 4.79 Å². The molecule has 0 saturated heterocycles. The molecule has 4 heteroatoms. The number of hydrogen-bond acceptors (Lipinski definition) is 3. The van der Waals surface area contributed by atoms with E-state index in [-0.39, 0.29) is 12.6 Å². The van der Waals surface area contributed by atoms with Gasteiger partial charge >= 0.3 is 0 Å². The van der Waals surface area contributed by atoms with Crippen LogP contribution in [-0.4, -0.2) is 19.7 Å². The molecule has 140 valence electrons. The number of allylic oxidation sites excluding steroid dienone is 4. The maximum Gasteiger partial charge on any atom is 0.188 e. The first-order chi connectivity index (χ1) is 13.2. The lowest BCUT2D eigenvalue weighted by Crippen LogP contribution is -2.15. The number of carbonyl (C=O) groups excluding carboxylic acids is 1. The molecule has 0 fully saturated rings. The zero-order valence-electron chi connectivity index (χ0n) is 15.8. The molecule has 0 aromatic heterocycles. The summed E-state index contributed by atoms with van der Waals surface area (Å²) in [5.41, 5.74) is 2.06. The molecule has 2 aromatic rings. The van der Waals surface area contributed by atoms with Gasteiger partial charge in [0.25, 0.3) is 0 Å². The Morgan fingerprint density at radius 2 is 2.00 bits per heavy atom. The van der Waals surface area contributed by atoms with Gasteiger partial charge in [-0.3, -0.25) is 4.79 Å². The normalized spacial score (nSPS) is 16.1. The Bertz CT molecular complexity index is 854. The smallest absolute Gasteiger partial charge is 0.188 e. The van der Waals surface area contributed by atoms with Crippen LogP contribution < -0.4 is 15.3 Å². The van der Waals surface area contributed by atoms with Crippen LogP contribution in [0.15, 0.2) is 66.8 Å². The molecule has 0 bridgehead atoms. The zero-order valence-corrected chi connectivity index (χ0v) is 16.8. The van der Waals surface area contributed by atoms with Crippen LogP contribution in [0.5, 0.6) is 5.75 Å². The molecule has 0 spiro atoms. The maximum atomic E-state index is 12.0. The quantitative estimate of drug-likeness (QED) is 0.392. The first-order valence-electron chi connectivity index (χ1n) is 9.12. The average molecular weight is 380 g/mol. The first-order valence-corrected chi connectivity index (χ1v) is 10.1. The van der Waals surface area contributed by atoms with Crippen molar-refractivity contribution in [2.75, 3.05) is 13.9 Å². The van der Waals surface area contributed by atoms with E-state index in [1.165, 1.54) is 5.56 Å². The van der Waals surface area contributed by atoms with Crippen molar-refractivity contribution in [2.45, 2.75) is 19.8 Å². The number of Topliss-reactive ketones (excluding diaryl/α,β-unsaturated/α-hetero) is 1. The van der Waals surface area contributed by atoms with Crippen molar-refractivity contribution < 1.29 is 14.3 Å². The summed E-state index contributed by atoms with van der Waals surface area (Å²) in [4.78, 5) is 12.0. The van der Waals surface area contributed by atoms with E-state index in [0.717, 1.165) is 34.8 Å². The Kier molecular flexibility index (Phi) is 6.98. The Morgan fingerprint density at radius 1 is 1.15 bits per heavy atom. The summed E-state index contributed by atoms with van der Waals surface area (Å²) in [7, 11) is 1.97. The second-order valence-corrected chi connectivity index (χ2v) is 7.95. The fourth-order valence-electron chi connectivity index (χ4n) is 3.18. The largest absolute Gasteiger partial charge is 0.467 e. The summed E-state index contributed by atoms with van der Waals surface area (Å²) in [5, 5.41) is 2.15. The van der Waals surface area contributed by atoms with Crippen molar-refractivity contribution in [3.8, 4) is 5.75 Å². The van der Waals surface area contributed by atoms with Crippen LogP contribution >= 0.6 is 8.58 Å². The van der Waals surface area contributed by atoms with Crippen molar-refractivity contribution in [3.05, 3.63) is 77.9 Å². The van der Waals surface area contributed by atoms with Crippen molar-refractivity contribution in [1.29, 1.82) is 0 Å². The van der Waals surface area contributed by atoms with Crippen LogP contribution in [0.1, 0.15) is 29.3 Å². The Balaban J connectivity index is 1.88. The summed E-state index contributed by atoms with van der Waals surface area (Å²) in [6.07, 6.45) is 10.8. The third-order valence-electron chi connectivity index (χ3n) is 4.52. The molecule has 2 atom stereocenters. The highest BCUT2D eigenvalue weighted by Gasteiger charge is 2.13. The molecule has 0 radical (unpaired) electrons. The van der Waals surface area contributed by atoms with E-state index in [1.54, 1.807) is 14.0 Å². The molecule has 3 rings (SSSR count).